The quantitative estimate of drug-likeness (QED) is 0.412. The zero-order chi connectivity index (χ0) is 19.6. The lowest BCUT2D eigenvalue weighted by molar-refractivity contribution is -0.225. The fraction of sp³-hybridized carbons (Fsp3) is 0.913. The highest BCUT2D eigenvalue weighted by molar-refractivity contribution is 5.72. The molecule has 0 heterocycles. The molecule has 0 aromatic rings. The second-order valence-corrected chi connectivity index (χ2v) is 9.72. The van der Waals surface area contributed by atoms with Gasteiger partial charge in [-0.2, -0.15) is 0 Å². The van der Waals surface area contributed by atoms with Gasteiger partial charge in [-0.3, -0.25) is 9.59 Å². The highest BCUT2D eigenvalue weighted by Crippen LogP contribution is 2.61. The first-order chi connectivity index (χ1) is 12.9. The summed E-state index contributed by atoms with van der Waals surface area (Å²) in [5, 5.41) is 0. The van der Waals surface area contributed by atoms with Gasteiger partial charge in [0.1, 0.15) is 5.60 Å². The number of rotatable bonds is 9. The van der Waals surface area contributed by atoms with Gasteiger partial charge in [0, 0.05) is 6.42 Å². The average molecular weight is 379 g/mol. The summed E-state index contributed by atoms with van der Waals surface area (Å²) in [6.07, 6.45) is 9.10. The van der Waals surface area contributed by atoms with E-state index in [1.165, 1.54) is 32.1 Å². The van der Waals surface area contributed by atoms with Crippen LogP contribution in [-0.2, 0) is 19.1 Å². The third kappa shape index (κ3) is 4.19. The third-order valence-corrected chi connectivity index (χ3v) is 7.64. The lowest BCUT2D eigenvalue weighted by Crippen LogP contribution is -2.62. The summed E-state index contributed by atoms with van der Waals surface area (Å²) in [5.74, 6) is 3.03. The van der Waals surface area contributed by atoms with Crippen molar-refractivity contribution in [2.75, 3.05) is 6.61 Å². The zero-order valence-electron chi connectivity index (χ0n) is 17.7. The maximum Gasteiger partial charge on any atom is 0.308 e. The van der Waals surface area contributed by atoms with Gasteiger partial charge < -0.3 is 9.47 Å². The van der Waals surface area contributed by atoms with Crippen molar-refractivity contribution in [1.82, 2.24) is 0 Å². The minimum absolute atomic E-state index is 0.0437. The Labute approximate surface area is 164 Å². The summed E-state index contributed by atoms with van der Waals surface area (Å²) in [7, 11) is 0. The summed E-state index contributed by atoms with van der Waals surface area (Å²) < 4.78 is 11.6. The molecule has 0 saturated heterocycles. The number of carbonyl (C=O) groups is 2. The molecule has 4 fully saturated rings. The first kappa shape index (κ1) is 20.7. The predicted octanol–water partition coefficient (Wildman–Crippen LogP) is 5.14. The van der Waals surface area contributed by atoms with Gasteiger partial charge in [-0.25, -0.2) is 0 Å². The summed E-state index contributed by atoms with van der Waals surface area (Å²) in [5.41, 5.74) is -0.229. The number of carbonyl (C=O) groups excluding carboxylic acids is 2. The van der Waals surface area contributed by atoms with E-state index in [1.54, 1.807) is 0 Å². The number of esters is 2. The molecule has 4 rings (SSSR count). The molecule has 0 amide bonds. The van der Waals surface area contributed by atoms with Gasteiger partial charge in [0.15, 0.2) is 0 Å². The van der Waals surface area contributed by atoms with Gasteiger partial charge in [-0.05, 0) is 81.0 Å². The minimum atomic E-state index is -0.229. The molecule has 0 spiro atoms. The van der Waals surface area contributed by atoms with Crippen LogP contribution in [0, 0.1) is 35.5 Å². The van der Waals surface area contributed by atoms with Gasteiger partial charge in [0.2, 0.25) is 0 Å². The van der Waals surface area contributed by atoms with E-state index in [0.717, 1.165) is 31.1 Å². The van der Waals surface area contributed by atoms with Crippen molar-refractivity contribution in [2.24, 2.45) is 35.5 Å². The molecule has 4 heteroatoms. The molecule has 0 aromatic heterocycles. The van der Waals surface area contributed by atoms with Crippen LogP contribution in [0.25, 0.3) is 0 Å². The second kappa shape index (κ2) is 8.53. The summed E-state index contributed by atoms with van der Waals surface area (Å²) in [6.45, 7) is 8.75. The van der Waals surface area contributed by atoms with E-state index in [9.17, 15) is 9.59 Å². The van der Waals surface area contributed by atoms with Gasteiger partial charge in [-0.1, -0.05) is 27.7 Å². The molecular weight excluding hydrogens is 340 g/mol. The predicted molar refractivity (Wildman–Crippen MR) is 105 cm³/mol. The van der Waals surface area contributed by atoms with Crippen molar-refractivity contribution in [2.45, 2.75) is 91.1 Å². The molecule has 27 heavy (non-hydrogen) atoms. The maximum absolute atomic E-state index is 12.7. The Morgan fingerprint density at radius 2 is 1.56 bits per heavy atom. The van der Waals surface area contributed by atoms with Crippen LogP contribution in [0.3, 0.4) is 0 Å². The maximum atomic E-state index is 12.7. The van der Waals surface area contributed by atoms with Crippen LogP contribution in [0.2, 0.25) is 0 Å². The fourth-order valence-corrected chi connectivity index (χ4v) is 6.25. The number of hydrogen-bond acceptors (Lipinski definition) is 4. The smallest absolute Gasteiger partial charge is 0.308 e. The molecule has 4 bridgehead atoms. The van der Waals surface area contributed by atoms with Crippen molar-refractivity contribution in [3.63, 3.8) is 0 Å². The van der Waals surface area contributed by atoms with E-state index in [2.05, 4.69) is 13.8 Å². The Morgan fingerprint density at radius 1 is 0.963 bits per heavy atom. The summed E-state index contributed by atoms with van der Waals surface area (Å²) >= 11 is 0. The summed E-state index contributed by atoms with van der Waals surface area (Å²) in [6, 6.07) is 0. The molecular formula is C23H38O4. The first-order valence-corrected chi connectivity index (χ1v) is 11.2. The van der Waals surface area contributed by atoms with Crippen LogP contribution in [-0.4, -0.2) is 24.1 Å². The molecule has 1 atom stereocenters. The highest BCUT2D eigenvalue weighted by atomic mass is 16.6. The molecule has 4 nitrogen and oxygen atoms in total. The molecule has 4 saturated carbocycles. The summed E-state index contributed by atoms with van der Waals surface area (Å²) in [4.78, 5) is 24.3. The van der Waals surface area contributed by atoms with E-state index in [1.807, 2.05) is 13.8 Å². The van der Waals surface area contributed by atoms with E-state index < -0.39 is 0 Å². The van der Waals surface area contributed by atoms with Crippen molar-refractivity contribution in [1.29, 1.82) is 0 Å². The zero-order valence-corrected chi connectivity index (χ0v) is 17.7. The molecule has 0 radical (unpaired) electrons. The van der Waals surface area contributed by atoms with Crippen LogP contribution in [0.5, 0.6) is 0 Å². The number of unbranched alkanes of at least 4 members (excludes halogenated alkanes) is 1. The molecule has 4 aliphatic carbocycles. The largest absolute Gasteiger partial charge is 0.465 e. The Balaban J connectivity index is 1.47. The van der Waals surface area contributed by atoms with Crippen molar-refractivity contribution in [3.05, 3.63) is 0 Å². The van der Waals surface area contributed by atoms with Crippen molar-refractivity contribution >= 4 is 11.9 Å². The fourth-order valence-electron chi connectivity index (χ4n) is 6.25. The van der Waals surface area contributed by atoms with Crippen LogP contribution in [0.1, 0.15) is 85.5 Å². The van der Waals surface area contributed by atoms with Gasteiger partial charge >= 0.3 is 11.9 Å². The van der Waals surface area contributed by atoms with Crippen LogP contribution in [0.15, 0.2) is 0 Å². The lowest BCUT2D eigenvalue weighted by atomic mass is 9.47. The minimum Gasteiger partial charge on any atom is -0.465 e. The van der Waals surface area contributed by atoms with Crippen LogP contribution in [0.4, 0.5) is 0 Å². The molecule has 4 aliphatic rings. The second-order valence-electron chi connectivity index (χ2n) is 9.72. The normalized spacial score (nSPS) is 35.3. The number of hydrogen-bond donors (Lipinski definition) is 0. The Kier molecular flexibility index (Phi) is 6.53. The molecule has 0 aliphatic heterocycles. The van der Waals surface area contributed by atoms with Crippen LogP contribution < -0.4 is 0 Å². The first-order valence-electron chi connectivity index (χ1n) is 11.2. The van der Waals surface area contributed by atoms with Gasteiger partial charge in [0.05, 0.1) is 12.5 Å². The highest BCUT2D eigenvalue weighted by Gasteiger charge is 2.60. The molecule has 1 unspecified atom stereocenters. The van der Waals surface area contributed by atoms with Gasteiger partial charge in [-0.15, -0.1) is 0 Å². The van der Waals surface area contributed by atoms with Crippen molar-refractivity contribution < 1.29 is 19.1 Å². The Hall–Kier alpha value is -1.06. The molecule has 154 valence electrons. The average Bonchev–Trinajstić information content (AvgIpc) is 2.62. The lowest BCUT2D eigenvalue weighted by Gasteiger charge is -2.61. The Bertz CT molecular complexity index is 510. The van der Waals surface area contributed by atoms with Crippen LogP contribution >= 0.6 is 0 Å². The molecule has 0 N–H and O–H groups in total. The SMILES string of the molecule is CCC(C)C(=O)OCCCCC(=O)OC1(C(C)C)C2CC3CC(C2)CC1C3. The standard InChI is InChI=1S/C23H38O4/c1-5-16(4)22(25)26-9-7-6-8-21(24)27-23(15(2)3)19-11-17-10-18(13-19)14-20(23)12-17/h15-20H,5-14H2,1-4H3. The van der Waals surface area contributed by atoms with E-state index >= 15 is 0 Å². The van der Waals surface area contributed by atoms with E-state index in [4.69, 9.17) is 9.47 Å². The third-order valence-electron chi connectivity index (χ3n) is 7.64. The Morgan fingerprint density at radius 3 is 2.07 bits per heavy atom. The van der Waals surface area contributed by atoms with E-state index in [0.29, 0.717) is 30.8 Å². The van der Waals surface area contributed by atoms with Crippen molar-refractivity contribution in [3.8, 4) is 0 Å². The topological polar surface area (TPSA) is 52.6 Å². The number of ether oxygens (including phenoxy) is 2. The van der Waals surface area contributed by atoms with E-state index in [-0.39, 0.29) is 23.5 Å². The monoisotopic (exact) mass is 378 g/mol. The molecule has 0 aromatic carbocycles. The van der Waals surface area contributed by atoms with Gasteiger partial charge in [0.25, 0.3) is 0 Å².